The summed E-state index contributed by atoms with van der Waals surface area (Å²) in [5, 5.41) is 14.8. The van der Waals surface area contributed by atoms with Crippen LogP contribution in [0, 0.1) is 0 Å². The fourth-order valence-electron chi connectivity index (χ4n) is 1.85. The third-order valence-corrected chi connectivity index (χ3v) is 2.61. The maximum Gasteiger partial charge on any atom is 0.160 e. The van der Waals surface area contributed by atoms with Crippen molar-refractivity contribution >= 4 is 0 Å². The summed E-state index contributed by atoms with van der Waals surface area (Å²) < 4.78 is 1.96. The lowest BCUT2D eigenvalue weighted by Crippen LogP contribution is -2.30. The summed E-state index contributed by atoms with van der Waals surface area (Å²) in [5.74, 6) is 0.366. The minimum absolute atomic E-state index is 0.0994. The molecule has 16 heavy (non-hydrogen) atoms. The molecule has 0 aliphatic rings. The van der Waals surface area contributed by atoms with Crippen molar-refractivity contribution in [3.8, 4) is 5.75 Å². The zero-order valence-electron chi connectivity index (χ0n) is 11.5. The Balaban J connectivity index is 3.50. The highest BCUT2D eigenvalue weighted by Gasteiger charge is 2.31. The fourth-order valence-corrected chi connectivity index (χ4v) is 1.85. The Labute approximate surface area is 98.5 Å². The second-order valence-corrected chi connectivity index (χ2v) is 6.33. The number of aromatic hydroxyl groups is 1. The Kier molecular flexibility index (Phi) is 3.10. The topological polar surface area (TPSA) is 38.0 Å². The number of hydrogen-bond donors (Lipinski definition) is 1. The molecule has 3 heteroatoms. The number of aryl methyl sites for hydroxylation is 1. The van der Waals surface area contributed by atoms with Gasteiger partial charge in [-0.05, 0) is 27.2 Å². The van der Waals surface area contributed by atoms with Crippen molar-refractivity contribution in [2.45, 2.75) is 65.8 Å². The van der Waals surface area contributed by atoms with Crippen LogP contribution < -0.4 is 0 Å². The van der Waals surface area contributed by atoms with Crippen molar-refractivity contribution in [2.24, 2.45) is 0 Å². The van der Waals surface area contributed by atoms with Crippen LogP contribution in [0.4, 0.5) is 0 Å². The molecule has 1 aromatic rings. The van der Waals surface area contributed by atoms with Gasteiger partial charge in [0.25, 0.3) is 0 Å². The maximum atomic E-state index is 10.2. The van der Waals surface area contributed by atoms with Crippen molar-refractivity contribution in [2.75, 3.05) is 0 Å². The lowest BCUT2D eigenvalue weighted by atomic mass is 9.90. The van der Waals surface area contributed by atoms with Crippen LogP contribution in [0.25, 0.3) is 0 Å². The molecule has 0 spiro atoms. The van der Waals surface area contributed by atoms with Crippen molar-refractivity contribution in [3.05, 3.63) is 11.4 Å². The normalized spacial score (nSPS) is 13.2. The van der Waals surface area contributed by atoms with Gasteiger partial charge in [-0.1, -0.05) is 27.7 Å². The highest BCUT2D eigenvalue weighted by molar-refractivity contribution is 5.37. The van der Waals surface area contributed by atoms with Gasteiger partial charge in [0.1, 0.15) is 5.69 Å². The summed E-state index contributed by atoms with van der Waals surface area (Å²) in [6.07, 6.45) is 0.762. The molecular formula is C13H24N2O. The summed E-state index contributed by atoms with van der Waals surface area (Å²) in [4.78, 5) is 0. The van der Waals surface area contributed by atoms with Gasteiger partial charge in [0.05, 0.1) is 11.2 Å². The Morgan fingerprint density at radius 1 is 1.12 bits per heavy atom. The van der Waals surface area contributed by atoms with E-state index >= 15 is 0 Å². The minimum Gasteiger partial charge on any atom is -0.504 e. The van der Waals surface area contributed by atoms with Crippen LogP contribution >= 0.6 is 0 Å². The minimum atomic E-state index is -0.104. The van der Waals surface area contributed by atoms with E-state index in [0.29, 0.717) is 5.75 Å². The number of rotatable bonds is 1. The van der Waals surface area contributed by atoms with E-state index in [2.05, 4.69) is 46.6 Å². The molecule has 0 saturated carbocycles. The summed E-state index contributed by atoms with van der Waals surface area (Å²) in [5.41, 5.74) is 1.52. The van der Waals surface area contributed by atoms with Crippen LogP contribution in [0.1, 0.15) is 59.9 Å². The first-order valence-electron chi connectivity index (χ1n) is 5.91. The van der Waals surface area contributed by atoms with E-state index in [9.17, 15) is 5.11 Å². The van der Waals surface area contributed by atoms with E-state index in [0.717, 1.165) is 17.8 Å². The third-order valence-electron chi connectivity index (χ3n) is 2.61. The smallest absolute Gasteiger partial charge is 0.160 e. The zero-order chi connectivity index (χ0) is 12.7. The third kappa shape index (κ3) is 2.23. The molecule has 3 nitrogen and oxygen atoms in total. The molecule has 0 fully saturated rings. The van der Waals surface area contributed by atoms with E-state index in [-0.39, 0.29) is 11.0 Å². The first-order valence-corrected chi connectivity index (χ1v) is 5.91. The molecule has 1 N–H and O–H groups in total. The molecule has 0 amide bonds. The molecule has 0 atom stereocenters. The lowest BCUT2D eigenvalue weighted by Gasteiger charge is -2.28. The van der Waals surface area contributed by atoms with Gasteiger partial charge < -0.3 is 5.11 Å². The van der Waals surface area contributed by atoms with E-state index < -0.39 is 0 Å². The molecule has 0 aromatic carbocycles. The average molecular weight is 224 g/mol. The molecule has 1 aromatic heterocycles. The van der Waals surface area contributed by atoms with E-state index in [1.54, 1.807) is 0 Å². The SMILES string of the molecule is CCc1nn(C(C)(C)C)c(C(C)(C)C)c1O. The first kappa shape index (κ1) is 13.1. The highest BCUT2D eigenvalue weighted by Crippen LogP contribution is 2.36. The second kappa shape index (κ2) is 3.79. The molecule has 0 aliphatic carbocycles. The van der Waals surface area contributed by atoms with E-state index in [4.69, 9.17) is 0 Å². The highest BCUT2D eigenvalue weighted by atomic mass is 16.3. The van der Waals surface area contributed by atoms with E-state index in [1.807, 2.05) is 11.6 Å². The van der Waals surface area contributed by atoms with Gasteiger partial charge >= 0.3 is 0 Å². The zero-order valence-corrected chi connectivity index (χ0v) is 11.5. The monoisotopic (exact) mass is 224 g/mol. The molecule has 1 rings (SSSR count). The lowest BCUT2D eigenvalue weighted by molar-refractivity contribution is 0.315. The number of hydrogen-bond acceptors (Lipinski definition) is 2. The predicted molar refractivity (Wildman–Crippen MR) is 67.0 cm³/mol. The Morgan fingerprint density at radius 2 is 1.62 bits per heavy atom. The Hall–Kier alpha value is -0.990. The summed E-state index contributed by atoms with van der Waals surface area (Å²) in [7, 11) is 0. The maximum absolute atomic E-state index is 10.2. The van der Waals surface area contributed by atoms with Crippen molar-refractivity contribution in [1.29, 1.82) is 0 Å². The van der Waals surface area contributed by atoms with Gasteiger partial charge in [0.15, 0.2) is 5.75 Å². The molecule has 0 unspecified atom stereocenters. The number of aromatic nitrogens is 2. The molecule has 92 valence electrons. The van der Waals surface area contributed by atoms with Crippen LogP contribution in [0.3, 0.4) is 0 Å². The molecule has 1 heterocycles. The van der Waals surface area contributed by atoms with Gasteiger partial charge in [-0.25, -0.2) is 0 Å². The van der Waals surface area contributed by atoms with E-state index in [1.165, 1.54) is 0 Å². The van der Waals surface area contributed by atoms with Gasteiger partial charge in [-0.3, -0.25) is 4.68 Å². The summed E-state index contributed by atoms with van der Waals surface area (Å²) in [6.45, 7) is 14.6. The molecule has 0 saturated heterocycles. The predicted octanol–water partition coefficient (Wildman–Crippen LogP) is 3.20. The van der Waals surface area contributed by atoms with Gasteiger partial charge in [-0.2, -0.15) is 5.10 Å². The second-order valence-electron chi connectivity index (χ2n) is 6.33. The summed E-state index contributed by atoms with van der Waals surface area (Å²) in [6, 6.07) is 0. The van der Waals surface area contributed by atoms with Crippen molar-refractivity contribution < 1.29 is 5.11 Å². The Bertz CT molecular complexity index is 378. The van der Waals surface area contributed by atoms with Crippen LogP contribution in [0.5, 0.6) is 5.75 Å². The number of nitrogens with zero attached hydrogens (tertiary/aromatic N) is 2. The van der Waals surface area contributed by atoms with Crippen LogP contribution in [-0.4, -0.2) is 14.9 Å². The standard InChI is InChI=1S/C13H24N2O/c1-8-9-10(16)11(12(2,3)4)15(14-9)13(5,6)7/h16H,8H2,1-7H3. The van der Waals surface area contributed by atoms with Gasteiger partial charge in [0, 0.05) is 5.41 Å². The quantitative estimate of drug-likeness (QED) is 0.795. The average Bonchev–Trinajstić information content (AvgIpc) is 2.40. The molecule has 0 radical (unpaired) electrons. The van der Waals surface area contributed by atoms with Gasteiger partial charge in [0.2, 0.25) is 0 Å². The molecule has 0 bridgehead atoms. The van der Waals surface area contributed by atoms with Crippen molar-refractivity contribution in [3.63, 3.8) is 0 Å². The fraction of sp³-hybridized carbons (Fsp3) is 0.769. The first-order chi connectivity index (χ1) is 7.09. The summed E-state index contributed by atoms with van der Waals surface area (Å²) >= 11 is 0. The molecular weight excluding hydrogens is 200 g/mol. The van der Waals surface area contributed by atoms with Crippen LogP contribution in [0.2, 0.25) is 0 Å². The van der Waals surface area contributed by atoms with Crippen molar-refractivity contribution in [1.82, 2.24) is 9.78 Å². The van der Waals surface area contributed by atoms with Crippen LogP contribution in [-0.2, 0) is 17.4 Å². The molecule has 0 aliphatic heterocycles. The largest absolute Gasteiger partial charge is 0.504 e. The Morgan fingerprint density at radius 3 is 1.88 bits per heavy atom. The van der Waals surface area contributed by atoms with Gasteiger partial charge in [-0.15, -0.1) is 0 Å². The van der Waals surface area contributed by atoms with Crippen LogP contribution in [0.15, 0.2) is 0 Å².